The molecule has 2 unspecified atom stereocenters. The molecule has 0 bridgehead atoms. The third-order valence-corrected chi connectivity index (χ3v) is 3.22. The zero-order chi connectivity index (χ0) is 13.7. The lowest BCUT2D eigenvalue weighted by Gasteiger charge is -2.20. The Morgan fingerprint density at radius 2 is 2.11 bits per heavy atom. The smallest absolute Gasteiger partial charge is 0.323 e. The van der Waals surface area contributed by atoms with E-state index in [2.05, 4.69) is 19.2 Å². The molecule has 0 fully saturated rings. The van der Waals surface area contributed by atoms with E-state index in [-0.39, 0.29) is 18.5 Å². The summed E-state index contributed by atoms with van der Waals surface area (Å²) in [5.41, 5.74) is 0.382. The summed E-state index contributed by atoms with van der Waals surface area (Å²) >= 11 is 0. The molecule has 1 amide bonds. The Bertz CT molecular complexity index is 426. The lowest BCUT2D eigenvalue weighted by molar-refractivity contribution is -0.137. The fourth-order valence-electron chi connectivity index (χ4n) is 1.68. The summed E-state index contributed by atoms with van der Waals surface area (Å²) in [6, 6.07) is 3.36. The molecule has 0 spiro atoms. The van der Waals surface area contributed by atoms with Crippen molar-refractivity contribution in [3.63, 3.8) is 0 Å². The first-order chi connectivity index (χ1) is 8.45. The van der Waals surface area contributed by atoms with Crippen LogP contribution >= 0.6 is 0 Å². The lowest BCUT2D eigenvalue weighted by Crippen LogP contribution is -2.38. The van der Waals surface area contributed by atoms with Gasteiger partial charge in [0.25, 0.3) is 5.91 Å². The molecule has 0 saturated heterocycles. The van der Waals surface area contributed by atoms with Crippen molar-refractivity contribution in [2.24, 2.45) is 5.92 Å². The number of amides is 1. The molecule has 0 radical (unpaired) electrons. The Labute approximate surface area is 107 Å². The van der Waals surface area contributed by atoms with Crippen LogP contribution in [-0.4, -0.2) is 27.6 Å². The van der Waals surface area contributed by atoms with Crippen LogP contribution < -0.4 is 5.32 Å². The predicted octanol–water partition coefficient (Wildman–Crippen LogP) is 1.74. The van der Waals surface area contributed by atoms with E-state index >= 15 is 0 Å². The first kappa shape index (κ1) is 14.3. The summed E-state index contributed by atoms with van der Waals surface area (Å²) in [5.74, 6) is -0.805. The van der Waals surface area contributed by atoms with E-state index in [1.54, 1.807) is 18.3 Å². The predicted molar refractivity (Wildman–Crippen MR) is 68.5 cm³/mol. The monoisotopic (exact) mass is 252 g/mol. The summed E-state index contributed by atoms with van der Waals surface area (Å²) in [7, 11) is 0. The maximum Gasteiger partial charge on any atom is 0.323 e. The highest BCUT2D eigenvalue weighted by molar-refractivity contribution is 5.93. The number of hydrogen-bond acceptors (Lipinski definition) is 2. The molecule has 5 heteroatoms. The minimum absolute atomic E-state index is 0.0654. The van der Waals surface area contributed by atoms with Crippen molar-refractivity contribution >= 4 is 11.9 Å². The van der Waals surface area contributed by atoms with E-state index in [4.69, 9.17) is 5.11 Å². The van der Waals surface area contributed by atoms with Crippen molar-refractivity contribution in [2.45, 2.75) is 39.8 Å². The molecule has 0 aliphatic heterocycles. The third-order valence-electron chi connectivity index (χ3n) is 3.22. The highest BCUT2D eigenvalue weighted by Gasteiger charge is 2.17. The van der Waals surface area contributed by atoms with Crippen molar-refractivity contribution in [3.05, 3.63) is 24.0 Å². The van der Waals surface area contributed by atoms with Crippen molar-refractivity contribution in [1.29, 1.82) is 0 Å². The molecule has 2 atom stereocenters. The van der Waals surface area contributed by atoms with Gasteiger partial charge in [0.05, 0.1) is 0 Å². The molecule has 0 aliphatic carbocycles. The number of nitrogens with one attached hydrogen (secondary N) is 1. The molecule has 18 heavy (non-hydrogen) atoms. The SMILES string of the molecule is CCC(C)C(C)NC(=O)c1cccn1CC(=O)O. The van der Waals surface area contributed by atoms with Gasteiger partial charge in [-0.2, -0.15) is 0 Å². The average molecular weight is 252 g/mol. The maximum absolute atomic E-state index is 12.0. The first-order valence-corrected chi connectivity index (χ1v) is 6.13. The van der Waals surface area contributed by atoms with Gasteiger partial charge < -0.3 is 15.0 Å². The molecule has 0 aliphatic rings. The van der Waals surface area contributed by atoms with Gasteiger partial charge in [-0.3, -0.25) is 9.59 Å². The Balaban J connectivity index is 2.72. The second-order valence-corrected chi connectivity index (χ2v) is 4.56. The lowest BCUT2D eigenvalue weighted by atomic mass is 10.0. The quantitative estimate of drug-likeness (QED) is 0.810. The van der Waals surface area contributed by atoms with Gasteiger partial charge in [0, 0.05) is 12.2 Å². The number of carbonyl (C=O) groups excluding carboxylic acids is 1. The topological polar surface area (TPSA) is 71.3 Å². The van der Waals surface area contributed by atoms with Crippen LogP contribution in [-0.2, 0) is 11.3 Å². The number of carboxylic acid groups (broad SMARTS) is 1. The Hall–Kier alpha value is -1.78. The number of carbonyl (C=O) groups is 2. The number of aromatic nitrogens is 1. The van der Waals surface area contributed by atoms with Crippen LogP contribution in [0.2, 0.25) is 0 Å². The number of hydrogen-bond donors (Lipinski definition) is 2. The molecule has 5 nitrogen and oxygen atoms in total. The zero-order valence-corrected chi connectivity index (χ0v) is 11.0. The van der Waals surface area contributed by atoms with Crippen LogP contribution in [0.25, 0.3) is 0 Å². The summed E-state index contributed by atoms with van der Waals surface area (Å²) in [6.07, 6.45) is 2.58. The van der Waals surface area contributed by atoms with Crippen LogP contribution in [0.3, 0.4) is 0 Å². The van der Waals surface area contributed by atoms with Gasteiger partial charge in [0.15, 0.2) is 0 Å². The molecule has 0 aromatic carbocycles. The fraction of sp³-hybridized carbons (Fsp3) is 0.538. The summed E-state index contributed by atoms with van der Waals surface area (Å²) in [6.45, 7) is 5.89. The van der Waals surface area contributed by atoms with Gasteiger partial charge in [0.1, 0.15) is 12.2 Å². The van der Waals surface area contributed by atoms with Crippen molar-refractivity contribution in [1.82, 2.24) is 9.88 Å². The van der Waals surface area contributed by atoms with E-state index in [0.717, 1.165) is 6.42 Å². The van der Waals surface area contributed by atoms with Crippen LogP contribution in [0.15, 0.2) is 18.3 Å². The van der Waals surface area contributed by atoms with Gasteiger partial charge in [-0.1, -0.05) is 20.3 Å². The van der Waals surface area contributed by atoms with Crippen LogP contribution in [0.5, 0.6) is 0 Å². The maximum atomic E-state index is 12.0. The van der Waals surface area contributed by atoms with Crippen LogP contribution in [0, 0.1) is 5.92 Å². The third kappa shape index (κ3) is 3.61. The summed E-state index contributed by atoms with van der Waals surface area (Å²) in [4.78, 5) is 22.7. The van der Waals surface area contributed by atoms with E-state index in [1.165, 1.54) is 4.57 Å². The molecule has 1 heterocycles. The summed E-state index contributed by atoms with van der Waals surface area (Å²) < 4.78 is 1.43. The van der Waals surface area contributed by atoms with Crippen LogP contribution in [0.4, 0.5) is 0 Å². The minimum atomic E-state index is -0.963. The van der Waals surface area contributed by atoms with E-state index < -0.39 is 5.97 Å². The molecule has 1 aromatic heterocycles. The van der Waals surface area contributed by atoms with Gasteiger partial charge in [-0.15, -0.1) is 0 Å². The van der Waals surface area contributed by atoms with Crippen molar-refractivity contribution < 1.29 is 14.7 Å². The summed E-state index contributed by atoms with van der Waals surface area (Å²) in [5, 5.41) is 11.6. The normalized spacial score (nSPS) is 13.9. The number of nitrogens with zero attached hydrogens (tertiary/aromatic N) is 1. The standard InChI is InChI=1S/C13H20N2O3/c1-4-9(2)10(3)14-13(18)11-6-5-7-15(11)8-12(16)17/h5-7,9-10H,4,8H2,1-3H3,(H,14,18)(H,16,17). The molecule has 1 rings (SSSR count). The fourth-order valence-corrected chi connectivity index (χ4v) is 1.68. The van der Waals surface area contributed by atoms with Gasteiger partial charge in [-0.05, 0) is 25.0 Å². The minimum Gasteiger partial charge on any atom is -0.480 e. The van der Waals surface area contributed by atoms with E-state index in [9.17, 15) is 9.59 Å². The van der Waals surface area contributed by atoms with Gasteiger partial charge in [0.2, 0.25) is 0 Å². The molecular weight excluding hydrogens is 232 g/mol. The van der Waals surface area contributed by atoms with Crippen molar-refractivity contribution in [3.8, 4) is 0 Å². The largest absolute Gasteiger partial charge is 0.480 e. The Kier molecular flexibility index (Phi) is 4.95. The van der Waals surface area contributed by atoms with Gasteiger partial charge >= 0.3 is 5.97 Å². The Morgan fingerprint density at radius 1 is 1.44 bits per heavy atom. The number of carboxylic acids is 1. The molecule has 100 valence electrons. The second-order valence-electron chi connectivity index (χ2n) is 4.56. The molecule has 2 N–H and O–H groups in total. The Morgan fingerprint density at radius 3 is 2.67 bits per heavy atom. The second kappa shape index (κ2) is 6.23. The molecule has 1 aromatic rings. The highest BCUT2D eigenvalue weighted by atomic mass is 16.4. The number of rotatable bonds is 6. The number of aliphatic carboxylic acids is 1. The molecular formula is C13H20N2O3. The average Bonchev–Trinajstić information content (AvgIpc) is 2.74. The molecule has 0 saturated carbocycles. The van der Waals surface area contributed by atoms with Crippen LogP contribution in [0.1, 0.15) is 37.7 Å². The zero-order valence-electron chi connectivity index (χ0n) is 11.0. The van der Waals surface area contributed by atoms with Gasteiger partial charge in [-0.25, -0.2) is 0 Å². The van der Waals surface area contributed by atoms with E-state index in [0.29, 0.717) is 11.6 Å². The first-order valence-electron chi connectivity index (χ1n) is 6.13. The van der Waals surface area contributed by atoms with E-state index in [1.807, 2.05) is 6.92 Å². The van der Waals surface area contributed by atoms with Crippen molar-refractivity contribution in [2.75, 3.05) is 0 Å². The highest BCUT2D eigenvalue weighted by Crippen LogP contribution is 2.09.